The number of benzene rings is 1. The van der Waals surface area contributed by atoms with Gasteiger partial charge in [0.05, 0.1) is 22.9 Å². The van der Waals surface area contributed by atoms with Crippen LogP contribution in [0.15, 0.2) is 23.1 Å². The molecular weight excluding hydrogens is 388 g/mol. The zero-order valence-electron chi connectivity index (χ0n) is 14.0. The topological polar surface area (TPSA) is 101 Å². The van der Waals surface area contributed by atoms with Crippen molar-refractivity contribution in [1.29, 1.82) is 0 Å². The summed E-state index contributed by atoms with van der Waals surface area (Å²) in [4.78, 5) is 12.3. The number of carbonyl (C=O) groups excluding carboxylic acids is 1. The van der Waals surface area contributed by atoms with Crippen molar-refractivity contribution in [2.75, 3.05) is 24.6 Å². The summed E-state index contributed by atoms with van der Waals surface area (Å²) in [7, 11) is -6.97. The predicted octanol–water partition coefficient (Wildman–Crippen LogP) is 0.962. The van der Waals surface area contributed by atoms with E-state index in [-0.39, 0.29) is 29.5 Å². The van der Waals surface area contributed by atoms with E-state index in [1.54, 1.807) is 19.9 Å². The molecule has 7 nitrogen and oxygen atoms in total. The molecule has 10 heteroatoms. The van der Waals surface area contributed by atoms with Crippen LogP contribution in [0.1, 0.15) is 18.9 Å². The van der Waals surface area contributed by atoms with Gasteiger partial charge in [0.25, 0.3) is 0 Å². The number of sulfone groups is 1. The summed E-state index contributed by atoms with van der Waals surface area (Å²) in [6, 6.07) is 3.98. The van der Waals surface area contributed by atoms with Crippen molar-refractivity contribution >= 4 is 37.4 Å². The van der Waals surface area contributed by atoms with Gasteiger partial charge in [-0.1, -0.05) is 18.5 Å². The number of sulfonamides is 1. The molecule has 0 saturated carbocycles. The maximum atomic E-state index is 12.8. The molecule has 0 bridgehead atoms. The molecule has 25 heavy (non-hydrogen) atoms. The number of rotatable bonds is 6. The zero-order valence-corrected chi connectivity index (χ0v) is 16.4. The SMILES string of the molecule is CCN(CC(=O)NC1CCS(=O)(=O)C1)S(=O)(=O)c1ccc(Cl)cc1C. The maximum Gasteiger partial charge on any atom is 0.243 e. The predicted molar refractivity (Wildman–Crippen MR) is 95.8 cm³/mol. The van der Waals surface area contributed by atoms with E-state index in [1.165, 1.54) is 12.1 Å². The molecule has 1 amide bonds. The highest BCUT2D eigenvalue weighted by molar-refractivity contribution is 7.91. The molecule has 1 saturated heterocycles. The first-order valence-corrected chi connectivity index (χ1v) is 11.4. The molecule has 1 aromatic rings. The number of hydrogen-bond acceptors (Lipinski definition) is 5. The van der Waals surface area contributed by atoms with E-state index in [2.05, 4.69) is 5.32 Å². The van der Waals surface area contributed by atoms with Crippen molar-refractivity contribution in [2.45, 2.75) is 31.2 Å². The molecule has 1 aliphatic heterocycles. The van der Waals surface area contributed by atoms with E-state index in [0.29, 0.717) is 17.0 Å². The summed E-state index contributed by atoms with van der Waals surface area (Å²) in [6.45, 7) is 3.02. The fraction of sp³-hybridized carbons (Fsp3) is 0.533. The number of hydrogen-bond donors (Lipinski definition) is 1. The molecule has 1 aromatic carbocycles. The van der Waals surface area contributed by atoms with Gasteiger partial charge in [-0.25, -0.2) is 16.8 Å². The van der Waals surface area contributed by atoms with Crippen LogP contribution < -0.4 is 5.32 Å². The van der Waals surface area contributed by atoms with Gasteiger partial charge in [0, 0.05) is 17.6 Å². The minimum absolute atomic E-state index is 0.0394. The average Bonchev–Trinajstić information content (AvgIpc) is 2.82. The lowest BCUT2D eigenvalue weighted by Gasteiger charge is -2.22. The summed E-state index contributed by atoms with van der Waals surface area (Å²) in [6.07, 6.45) is 0.350. The third-order valence-electron chi connectivity index (χ3n) is 4.03. The van der Waals surface area contributed by atoms with Gasteiger partial charge < -0.3 is 5.32 Å². The molecule has 1 fully saturated rings. The number of likely N-dealkylation sites (N-methyl/N-ethyl adjacent to an activating group) is 1. The van der Waals surface area contributed by atoms with Gasteiger partial charge in [-0.3, -0.25) is 4.79 Å². The molecule has 140 valence electrons. The van der Waals surface area contributed by atoms with Gasteiger partial charge in [0.15, 0.2) is 9.84 Å². The number of amides is 1. The van der Waals surface area contributed by atoms with E-state index < -0.39 is 31.8 Å². The molecule has 0 aromatic heterocycles. The first-order valence-electron chi connectivity index (χ1n) is 7.81. The van der Waals surface area contributed by atoms with Crippen LogP contribution in [0.2, 0.25) is 5.02 Å². The molecule has 1 N–H and O–H groups in total. The number of halogens is 1. The van der Waals surface area contributed by atoms with Crippen molar-refractivity contribution in [3.05, 3.63) is 28.8 Å². The summed E-state index contributed by atoms with van der Waals surface area (Å²) in [5.74, 6) is -0.579. The Morgan fingerprint density at radius 3 is 2.60 bits per heavy atom. The molecule has 1 unspecified atom stereocenters. The second kappa shape index (κ2) is 7.61. The molecule has 0 aliphatic carbocycles. The van der Waals surface area contributed by atoms with Gasteiger partial charge in [-0.2, -0.15) is 4.31 Å². The van der Waals surface area contributed by atoms with Crippen LogP contribution in [0.25, 0.3) is 0 Å². The van der Waals surface area contributed by atoms with Crippen LogP contribution in [0.3, 0.4) is 0 Å². The van der Waals surface area contributed by atoms with Gasteiger partial charge in [-0.05, 0) is 37.1 Å². The monoisotopic (exact) mass is 408 g/mol. The highest BCUT2D eigenvalue weighted by Crippen LogP contribution is 2.23. The van der Waals surface area contributed by atoms with E-state index in [1.807, 2.05) is 0 Å². The number of nitrogens with zero attached hydrogens (tertiary/aromatic N) is 1. The van der Waals surface area contributed by atoms with Crippen molar-refractivity contribution in [1.82, 2.24) is 9.62 Å². The maximum absolute atomic E-state index is 12.8. The molecule has 1 atom stereocenters. The van der Waals surface area contributed by atoms with E-state index >= 15 is 0 Å². The Balaban J connectivity index is 2.11. The lowest BCUT2D eigenvalue weighted by molar-refractivity contribution is -0.121. The van der Waals surface area contributed by atoms with Crippen LogP contribution in [-0.4, -0.2) is 57.7 Å². The highest BCUT2D eigenvalue weighted by Gasteiger charge is 2.31. The van der Waals surface area contributed by atoms with Crippen molar-refractivity contribution in [2.24, 2.45) is 0 Å². The van der Waals surface area contributed by atoms with Crippen LogP contribution in [-0.2, 0) is 24.7 Å². The fourth-order valence-corrected chi connectivity index (χ4v) is 6.26. The number of carbonyl (C=O) groups is 1. The summed E-state index contributed by atoms with van der Waals surface area (Å²) >= 11 is 5.86. The van der Waals surface area contributed by atoms with Gasteiger partial charge in [-0.15, -0.1) is 0 Å². The quantitative estimate of drug-likeness (QED) is 0.755. The Kier molecular flexibility index (Phi) is 6.13. The second-order valence-electron chi connectivity index (χ2n) is 6.01. The first-order chi connectivity index (χ1) is 11.5. The minimum Gasteiger partial charge on any atom is -0.351 e. The molecule has 1 heterocycles. The fourth-order valence-electron chi connectivity index (χ4n) is 2.75. The second-order valence-corrected chi connectivity index (χ2v) is 10.6. The smallest absolute Gasteiger partial charge is 0.243 e. The van der Waals surface area contributed by atoms with Crippen molar-refractivity contribution in [3.8, 4) is 0 Å². The largest absolute Gasteiger partial charge is 0.351 e. The Labute approximate surface area is 153 Å². The lowest BCUT2D eigenvalue weighted by atomic mass is 10.2. The Morgan fingerprint density at radius 2 is 2.08 bits per heavy atom. The Morgan fingerprint density at radius 1 is 1.40 bits per heavy atom. The first kappa shape index (κ1) is 20.2. The Bertz CT molecular complexity index is 868. The standard InChI is InChI=1S/C15H21ClN2O5S2/c1-3-18(9-15(19)17-13-6-7-24(20,21)10-13)25(22,23)14-5-4-12(16)8-11(14)2/h4-5,8,13H,3,6-7,9-10H2,1-2H3,(H,17,19). The summed E-state index contributed by atoms with van der Waals surface area (Å²) < 4.78 is 49.5. The van der Waals surface area contributed by atoms with E-state index in [4.69, 9.17) is 11.6 Å². The van der Waals surface area contributed by atoms with Crippen LogP contribution in [0.5, 0.6) is 0 Å². The van der Waals surface area contributed by atoms with E-state index in [0.717, 1.165) is 4.31 Å². The number of aryl methyl sites for hydroxylation is 1. The van der Waals surface area contributed by atoms with Crippen LogP contribution >= 0.6 is 11.6 Å². The molecule has 0 spiro atoms. The zero-order chi connectivity index (χ0) is 18.8. The summed E-state index contributed by atoms with van der Waals surface area (Å²) in [5, 5.41) is 3.03. The third-order valence-corrected chi connectivity index (χ3v) is 8.11. The molecular formula is C15H21ClN2O5S2. The summed E-state index contributed by atoms with van der Waals surface area (Å²) in [5.41, 5.74) is 0.494. The van der Waals surface area contributed by atoms with Gasteiger partial charge in [0.2, 0.25) is 15.9 Å². The van der Waals surface area contributed by atoms with E-state index in [9.17, 15) is 21.6 Å². The molecule has 2 rings (SSSR count). The highest BCUT2D eigenvalue weighted by atomic mass is 35.5. The third kappa shape index (κ3) is 4.93. The minimum atomic E-state index is -3.85. The molecule has 1 aliphatic rings. The van der Waals surface area contributed by atoms with Gasteiger partial charge >= 0.3 is 0 Å². The van der Waals surface area contributed by atoms with Crippen molar-refractivity contribution in [3.63, 3.8) is 0 Å². The molecule has 0 radical (unpaired) electrons. The normalized spacial score (nSPS) is 19.9. The number of nitrogens with one attached hydrogen (secondary N) is 1. The van der Waals surface area contributed by atoms with Gasteiger partial charge in [0.1, 0.15) is 0 Å². The van der Waals surface area contributed by atoms with Crippen LogP contribution in [0.4, 0.5) is 0 Å². The Hall–Kier alpha value is -1.16. The van der Waals surface area contributed by atoms with Crippen molar-refractivity contribution < 1.29 is 21.6 Å². The average molecular weight is 409 g/mol. The lowest BCUT2D eigenvalue weighted by Crippen LogP contribution is -2.44. The van der Waals surface area contributed by atoms with Crippen LogP contribution in [0, 0.1) is 6.92 Å².